The van der Waals surface area contributed by atoms with Crippen molar-refractivity contribution in [3.8, 4) is 0 Å². The number of thiazole rings is 1. The van der Waals surface area contributed by atoms with Crippen LogP contribution in [0.25, 0.3) is 0 Å². The van der Waals surface area contributed by atoms with Gasteiger partial charge in [-0.1, -0.05) is 0 Å². The molecule has 1 aliphatic carbocycles. The molecule has 1 aromatic rings. The lowest BCUT2D eigenvalue weighted by Gasteiger charge is -2.27. The molecule has 0 aliphatic heterocycles. The van der Waals surface area contributed by atoms with Crippen molar-refractivity contribution in [3.05, 3.63) is 11.1 Å². The molecule has 18 heavy (non-hydrogen) atoms. The van der Waals surface area contributed by atoms with Gasteiger partial charge >= 0.3 is 0 Å². The number of nitrogens with two attached hydrogens (primary N) is 2. The number of anilines is 1. The smallest absolute Gasteiger partial charge is 0.271 e. The van der Waals surface area contributed by atoms with Crippen molar-refractivity contribution < 1.29 is 9.59 Å². The normalized spacial score (nSPS) is 23.6. The van der Waals surface area contributed by atoms with Crippen molar-refractivity contribution >= 4 is 28.3 Å². The SMILES string of the molecule is NC(=O)C1CCC(NC(=O)c2csc(N)n2)CC1. The molecule has 0 atom stereocenters. The van der Waals surface area contributed by atoms with Crippen LogP contribution in [0.3, 0.4) is 0 Å². The number of nitrogen functional groups attached to an aromatic ring is 1. The molecule has 1 heterocycles. The molecule has 0 unspecified atom stereocenters. The summed E-state index contributed by atoms with van der Waals surface area (Å²) in [6.07, 6.45) is 3.02. The number of hydrogen-bond acceptors (Lipinski definition) is 5. The Balaban J connectivity index is 1.85. The molecular formula is C11H16N4O2S. The first kappa shape index (κ1) is 12.8. The van der Waals surface area contributed by atoms with Crippen molar-refractivity contribution in [1.82, 2.24) is 10.3 Å². The van der Waals surface area contributed by atoms with E-state index >= 15 is 0 Å². The van der Waals surface area contributed by atoms with Gasteiger partial charge in [0.1, 0.15) is 5.69 Å². The summed E-state index contributed by atoms with van der Waals surface area (Å²) in [5, 5.41) is 4.93. The fourth-order valence-corrected chi connectivity index (χ4v) is 2.72. The highest BCUT2D eigenvalue weighted by molar-refractivity contribution is 7.13. The van der Waals surface area contributed by atoms with Gasteiger partial charge < -0.3 is 16.8 Å². The van der Waals surface area contributed by atoms with Crippen LogP contribution in [0.2, 0.25) is 0 Å². The van der Waals surface area contributed by atoms with Crippen molar-refractivity contribution in [2.45, 2.75) is 31.7 Å². The van der Waals surface area contributed by atoms with Crippen LogP contribution in [0, 0.1) is 5.92 Å². The summed E-state index contributed by atoms with van der Waals surface area (Å²) >= 11 is 1.24. The number of primary amides is 1. The maximum Gasteiger partial charge on any atom is 0.271 e. The van der Waals surface area contributed by atoms with Crippen molar-refractivity contribution in [3.63, 3.8) is 0 Å². The molecule has 6 nitrogen and oxygen atoms in total. The van der Waals surface area contributed by atoms with E-state index in [1.54, 1.807) is 5.38 Å². The highest BCUT2D eigenvalue weighted by Gasteiger charge is 2.26. The Kier molecular flexibility index (Phi) is 3.81. The second-order valence-corrected chi connectivity index (χ2v) is 5.39. The molecule has 2 amide bonds. The second-order valence-electron chi connectivity index (χ2n) is 4.50. The molecule has 0 aromatic carbocycles. The van der Waals surface area contributed by atoms with Crippen LogP contribution in [0.5, 0.6) is 0 Å². The molecule has 0 bridgehead atoms. The molecule has 1 aliphatic rings. The topological polar surface area (TPSA) is 111 Å². The number of nitrogens with one attached hydrogen (secondary N) is 1. The molecule has 5 N–H and O–H groups in total. The van der Waals surface area contributed by atoms with Crippen LogP contribution in [0.4, 0.5) is 5.13 Å². The Labute approximate surface area is 109 Å². The van der Waals surface area contributed by atoms with Crippen molar-refractivity contribution in [2.75, 3.05) is 5.73 Å². The Morgan fingerprint density at radius 2 is 2.00 bits per heavy atom. The number of nitrogens with zero attached hydrogens (tertiary/aromatic N) is 1. The average Bonchev–Trinajstić information content (AvgIpc) is 2.76. The zero-order valence-electron chi connectivity index (χ0n) is 9.89. The van der Waals surface area contributed by atoms with Gasteiger partial charge in [0.25, 0.3) is 5.91 Å². The molecule has 0 saturated heterocycles. The summed E-state index contributed by atoms with van der Waals surface area (Å²) in [4.78, 5) is 26.8. The van der Waals surface area contributed by atoms with Crippen molar-refractivity contribution in [2.24, 2.45) is 11.7 Å². The Morgan fingerprint density at radius 3 is 2.50 bits per heavy atom. The van der Waals surface area contributed by atoms with Gasteiger partial charge in [0, 0.05) is 17.3 Å². The van der Waals surface area contributed by atoms with E-state index in [4.69, 9.17) is 11.5 Å². The zero-order chi connectivity index (χ0) is 13.1. The fourth-order valence-electron chi connectivity index (χ4n) is 2.17. The standard InChI is InChI=1S/C11H16N4O2S/c12-9(16)6-1-3-7(4-2-6)14-10(17)8-5-18-11(13)15-8/h5-7H,1-4H2,(H2,12,16)(H2,13,15)(H,14,17). The van der Waals surface area contributed by atoms with E-state index in [1.807, 2.05) is 0 Å². The Bertz CT molecular complexity index is 452. The van der Waals surface area contributed by atoms with E-state index in [0.717, 1.165) is 25.7 Å². The summed E-state index contributed by atoms with van der Waals surface area (Å²) in [6.45, 7) is 0. The van der Waals surface area contributed by atoms with Crippen LogP contribution in [0.1, 0.15) is 36.2 Å². The van der Waals surface area contributed by atoms with Gasteiger partial charge in [-0.05, 0) is 25.7 Å². The first-order valence-corrected chi connectivity index (χ1v) is 6.75. The summed E-state index contributed by atoms with van der Waals surface area (Å²) in [7, 11) is 0. The quantitative estimate of drug-likeness (QED) is 0.741. The number of carbonyl (C=O) groups excluding carboxylic acids is 2. The maximum absolute atomic E-state index is 11.8. The highest BCUT2D eigenvalue weighted by atomic mass is 32.1. The molecule has 98 valence electrons. The van der Waals surface area contributed by atoms with E-state index < -0.39 is 0 Å². The lowest BCUT2D eigenvalue weighted by molar-refractivity contribution is -0.122. The van der Waals surface area contributed by atoms with Crippen LogP contribution >= 0.6 is 11.3 Å². The Hall–Kier alpha value is -1.63. The Morgan fingerprint density at radius 1 is 1.33 bits per heavy atom. The van der Waals surface area contributed by atoms with Crippen LogP contribution in [-0.2, 0) is 4.79 Å². The fraction of sp³-hybridized carbons (Fsp3) is 0.545. The molecule has 1 aromatic heterocycles. The monoisotopic (exact) mass is 268 g/mol. The third-order valence-corrected chi connectivity index (χ3v) is 3.89. The first-order chi connectivity index (χ1) is 8.56. The molecule has 7 heteroatoms. The number of aromatic nitrogens is 1. The molecule has 1 fully saturated rings. The van der Waals surface area contributed by atoms with Crippen molar-refractivity contribution in [1.29, 1.82) is 0 Å². The summed E-state index contributed by atoms with van der Waals surface area (Å²) in [5.41, 5.74) is 11.1. The largest absolute Gasteiger partial charge is 0.375 e. The molecule has 0 radical (unpaired) electrons. The van der Waals surface area contributed by atoms with E-state index in [0.29, 0.717) is 10.8 Å². The number of rotatable bonds is 3. The van der Waals surface area contributed by atoms with Gasteiger partial charge in [-0.3, -0.25) is 9.59 Å². The molecule has 1 saturated carbocycles. The van der Waals surface area contributed by atoms with Crippen LogP contribution in [-0.4, -0.2) is 22.8 Å². The van der Waals surface area contributed by atoms with Crippen LogP contribution < -0.4 is 16.8 Å². The van der Waals surface area contributed by atoms with E-state index in [1.165, 1.54) is 11.3 Å². The lowest BCUT2D eigenvalue weighted by atomic mass is 9.85. The number of amides is 2. The van der Waals surface area contributed by atoms with Gasteiger partial charge in [-0.25, -0.2) is 4.98 Å². The number of hydrogen-bond donors (Lipinski definition) is 3. The minimum atomic E-state index is -0.243. The van der Waals surface area contributed by atoms with Gasteiger partial charge in [0.15, 0.2) is 5.13 Å². The molecule has 0 spiro atoms. The van der Waals surface area contributed by atoms with E-state index in [2.05, 4.69) is 10.3 Å². The van der Waals surface area contributed by atoms with E-state index in [9.17, 15) is 9.59 Å². The highest BCUT2D eigenvalue weighted by Crippen LogP contribution is 2.24. The second kappa shape index (κ2) is 5.34. The van der Waals surface area contributed by atoms with Crippen LogP contribution in [0.15, 0.2) is 5.38 Å². The molecular weight excluding hydrogens is 252 g/mol. The third kappa shape index (κ3) is 2.98. The summed E-state index contributed by atoms with van der Waals surface area (Å²) in [6, 6.07) is 0.0935. The third-order valence-electron chi connectivity index (χ3n) is 3.22. The predicted molar refractivity (Wildman–Crippen MR) is 68.9 cm³/mol. The minimum Gasteiger partial charge on any atom is -0.375 e. The van der Waals surface area contributed by atoms with Gasteiger partial charge in [0.2, 0.25) is 5.91 Å². The van der Waals surface area contributed by atoms with E-state index in [-0.39, 0.29) is 23.8 Å². The lowest BCUT2D eigenvalue weighted by Crippen LogP contribution is -2.39. The van der Waals surface area contributed by atoms with Gasteiger partial charge in [-0.15, -0.1) is 11.3 Å². The maximum atomic E-state index is 11.8. The zero-order valence-corrected chi connectivity index (χ0v) is 10.7. The first-order valence-electron chi connectivity index (χ1n) is 5.87. The summed E-state index contributed by atoms with van der Waals surface area (Å²) < 4.78 is 0. The summed E-state index contributed by atoms with van der Waals surface area (Å²) in [5.74, 6) is -0.495. The van der Waals surface area contributed by atoms with Gasteiger partial charge in [-0.2, -0.15) is 0 Å². The number of carbonyl (C=O) groups is 2. The minimum absolute atomic E-state index is 0.0481. The average molecular weight is 268 g/mol. The predicted octanol–water partition coefficient (Wildman–Crippen LogP) is 0.499. The van der Waals surface area contributed by atoms with Gasteiger partial charge in [0.05, 0.1) is 0 Å². The molecule has 2 rings (SSSR count).